The van der Waals surface area contributed by atoms with Crippen LogP contribution >= 0.6 is 27.3 Å². The molecule has 0 saturated carbocycles. The number of benzene rings is 2. The van der Waals surface area contributed by atoms with Gasteiger partial charge in [0, 0.05) is 32.6 Å². The first kappa shape index (κ1) is 20.7. The number of amides is 1. The maximum atomic E-state index is 12.6. The number of ether oxygens (including phenoxy) is 1. The number of thiophene rings is 1. The molecule has 1 aromatic heterocycles. The van der Waals surface area contributed by atoms with Crippen molar-refractivity contribution in [2.45, 2.75) is 6.92 Å². The van der Waals surface area contributed by atoms with E-state index in [0.717, 1.165) is 14.9 Å². The Kier molecular flexibility index (Phi) is 6.09. The smallest absolute Gasteiger partial charge is 0.341 e. The highest BCUT2D eigenvalue weighted by molar-refractivity contribution is 9.10. The molecular formula is C20H15BrN2O5S. The van der Waals surface area contributed by atoms with Gasteiger partial charge in [-0.1, -0.05) is 28.1 Å². The Morgan fingerprint density at radius 3 is 2.28 bits per heavy atom. The standard InChI is InChI=1S/C20H15BrN2O5S/c1-11-16(12-3-7-14(21)8-4-12)17(20(25)28-2)19(29-11)22-18(24)13-5-9-15(10-6-13)23(26)27/h3-10H,1-2H3,(H,22,24). The number of nitro benzene ring substituents is 1. The first-order valence-corrected chi connectivity index (χ1v) is 9.96. The largest absolute Gasteiger partial charge is 0.465 e. The second kappa shape index (κ2) is 8.54. The van der Waals surface area contributed by atoms with Crippen LogP contribution in [0.2, 0.25) is 0 Å². The number of hydrogen-bond acceptors (Lipinski definition) is 6. The Morgan fingerprint density at radius 1 is 1.10 bits per heavy atom. The number of hydrogen-bond donors (Lipinski definition) is 1. The minimum absolute atomic E-state index is 0.110. The van der Waals surface area contributed by atoms with Crippen LogP contribution in [0, 0.1) is 17.0 Å². The Hall–Kier alpha value is -3.04. The quantitative estimate of drug-likeness (QED) is 0.301. The molecule has 0 spiro atoms. The van der Waals surface area contributed by atoms with E-state index in [2.05, 4.69) is 21.2 Å². The Morgan fingerprint density at radius 2 is 1.72 bits per heavy atom. The van der Waals surface area contributed by atoms with Crippen molar-refractivity contribution in [1.82, 2.24) is 0 Å². The van der Waals surface area contributed by atoms with E-state index in [9.17, 15) is 19.7 Å². The topological polar surface area (TPSA) is 98.5 Å². The minimum atomic E-state index is -0.564. The molecule has 148 valence electrons. The number of non-ortho nitro benzene ring substituents is 1. The number of nitrogens with zero attached hydrogens (tertiary/aromatic N) is 1. The molecule has 0 radical (unpaired) electrons. The third-order valence-corrected chi connectivity index (χ3v) is 5.72. The minimum Gasteiger partial charge on any atom is -0.465 e. The summed E-state index contributed by atoms with van der Waals surface area (Å²) in [6.45, 7) is 1.86. The lowest BCUT2D eigenvalue weighted by Crippen LogP contribution is -2.14. The fraction of sp³-hybridized carbons (Fsp3) is 0.100. The summed E-state index contributed by atoms with van der Waals surface area (Å²) in [5.41, 5.74) is 1.91. The average molecular weight is 475 g/mol. The van der Waals surface area contributed by atoms with Crippen LogP contribution in [-0.2, 0) is 4.74 Å². The molecule has 0 unspecified atom stereocenters. The van der Waals surface area contributed by atoms with Crippen molar-refractivity contribution >= 4 is 49.8 Å². The number of rotatable bonds is 5. The summed E-state index contributed by atoms with van der Waals surface area (Å²) in [6.07, 6.45) is 0. The molecule has 0 bridgehead atoms. The number of carbonyl (C=O) groups is 2. The van der Waals surface area contributed by atoms with Crippen molar-refractivity contribution in [2.75, 3.05) is 12.4 Å². The number of esters is 1. The van der Waals surface area contributed by atoms with E-state index < -0.39 is 16.8 Å². The summed E-state index contributed by atoms with van der Waals surface area (Å²) in [5, 5.41) is 13.9. The van der Waals surface area contributed by atoms with Gasteiger partial charge in [-0.05, 0) is 36.8 Å². The van der Waals surface area contributed by atoms with Gasteiger partial charge in [0.2, 0.25) is 0 Å². The molecule has 1 amide bonds. The highest BCUT2D eigenvalue weighted by atomic mass is 79.9. The Bertz CT molecular complexity index is 1090. The van der Waals surface area contributed by atoms with E-state index in [0.29, 0.717) is 10.6 Å². The summed E-state index contributed by atoms with van der Waals surface area (Å²) in [7, 11) is 1.28. The monoisotopic (exact) mass is 474 g/mol. The van der Waals surface area contributed by atoms with Crippen LogP contribution in [0.15, 0.2) is 53.0 Å². The molecule has 0 aliphatic rings. The lowest BCUT2D eigenvalue weighted by molar-refractivity contribution is -0.384. The van der Waals surface area contributed by atoms with Gasteiger partial charge >= 0.3 is 5.97 Å². The number of aryl methyl sites for hydroxylation is 1. The third kappa shape index (κ3) is 4.36. The molecule has 7 nitrogen and oxygen atoms in total. The maximum Gasteiger partial charge on any atom is 0.341 e. The van der Waals surface area contributed by atoms with Gasteiger partial charge in [-0.3, -0.25) is 14.9 Å². The molecule has 0 saturated heterocycles. The molecule has 0 atom stereocenters. The molecule has 29 heavy (non-hydrogen) atoms. The molecule has 0 aliphatic heterocycles. The summed E-state index contributed by atoms with van der Waals surface area (Å²) >= 11 is 4.65. The van der Waals surface area contributed by atoms with Gasteiger partial charge in [-0.2, -0.15) is 0 Å². The van der Waals surface area contributed by atoms with Crippen LogP contribution < -0.4 is 5.32 Å². The molecule has 1 N–H and O–H groups in total. The summed E-state index contributed by atoms with van der Waals surface area (Å²) in [5.74, 6) is -1.04. The number of nitro groups is 1. The van der Waals surface area contributed by atoms with Crippen molar-refractivity contribution < 1.29 is 19.2 Å². The molecule has 3 rings (SSSR count). The van der Waals surface area contributed by atoms with E-state index in [1.54, 1.807) is 0 Å². The van der Waals surface area contributed by atoms with Crippen LogP contribution in [0.3, 0.4) is 0 Å². The predicted octanol–water partition coefficient (Wildman–Crippen LogP) is 5.43. The molecular weight excluding hydrogens is 460 g/mol. The third-order valence-electron chi connectivity index (χ3n) is 4.17. The SMILES string of the molecule is COC(=O)c1c(NC(=O)c2ccc([N+](=O)[O-])cc2)sc(C)c1-c1ccc(Br)cc1. The first-order chi connectivity index (χ1) is 13.8. The van der Waals surface area contributed by atoms with Gasteiger partial charge in [0.1, 0.15) is 10.6 Å². The second-order valence-corrected chi connectivity index (χ2v) is 8.13. The van der Waals surface area contributed by atoms with E-state index in [1.807, 2.05) is 31.2 Å². The Balaban J connectivity index is 1.99. The van der Waals surface area contributed by atoms with Gasteiger partial charge in [0.25, 0.3) is 11.6 Å². The number of methoxy groups -OCH3 is 1. The summed E-state index contributed by atoms with van der Waals surface area (Å²) < 4.78 is 5.84. The molecule has 3 aromatic rings. The zero-order valence-corrected chi connectivity index (χ0v) is 17.8. The van der Waals surface area contributed by atoms with E-state index in [-0.39, 0.29) is 16.8 Å². The van der Waals surface area contributed by atoms with E-state index >= 15 is 0 Å². The zero-order valence-electron chi connectivity index (χ0n) is 15.4. The van der Waals surface area contributed by atoms with Gasteiger partial charge in [-0.25, -0.2) is 4.79 Å². The lowest BCUT2D eigenvalue weighted by atomic mass is 10.0. The van der Waals surface area contributed by atoms with Gasteiger partial charge < -0.3 is 10.1 Å². The highest BCUT2D eigenvalue weighted by Gasteiger charge is 2.25. The lowest BCUT2D eigenvalue weighted by Gasteiger charge is -2.08. The Labute approximate surface area is 178 Å². The molecule has 0 aliphatic carbocycles. The van der Waals surface area contributed by atoms with Gasteiger partial charge in [0.15, 0.2) is 0 Å². The van der Waals surface area contributed by atoms with Crippen molar-refractivity contribution in [3.05, 3.63) is 79.1 Å². The van der Waals surface area contributed by atoms with E-state index in [1.165, 1.54) is 42.7 Å². The number of carbonyl (C=O) groups excluding carboxylic acids is 2. The summed E-state index contributed by atoms with van der Waals surface area (Å²) in [6, 6.07) is 12.7. The van der Waals surface area contributed by atoms with Crippen LogP contribution in [-0.4, -0.2) is 23.9 Å². The first-order valence-electron chi connectivity index (χ1n) is 8.35. The highest BCUT2D eigenvalue weighted by Crippen LogP contribution is 2.40. The normalized spacial score (nSPS) is 10.4. The van der Waals surface area contributed by atoms with Crippen LogP contribution in [0.4, 0.5) is 10.7 Å². The van der Waals surface area contributed by atoms with Crippen molar-refractivity contribution in [3.8, 4) is 11.1 Å². The zero-order chi connectivity index (χ0) is 21.1. The molecule has 0 fully saturated rings. The number of halogens is 1. The molecule has 2 aromatic carbocycles. The van der Waals surface area contributed by atoms with Crippen molar-refractivity contribution in [2.24, 2.45) is 0 Å². The predicted molar refractivity (Wildman–Crippen MR) is 115 cm³/mol. The van der Waals surface area contributed by atoms with E-state index in [4.69, 9.17) is 4.74 Å². The number of nitrogens with one attached hydrogen (secondary N) is 1. The van der Waals surface area contributed by atoms with Crippen LogP contribution in [0.25, 0.3) is 11.1 Å². The van der Waals surface area contributed by atoms with Gasteiger partial charge in [-0.15, -0.1) is 11.3 Å². The molecule has 1 heterocycles. The average Bonchev–Trinajstić information content (AvgIpc) is 3.03. The summed E-state index contributed by atoms with van der Waals surface area (Å²) in [4.78, 5) is 36.2. The second-order valence-electron chi connectivity index (χ2n) is 5.99. The van der Waals surface area contributed by atoms with Crippen LogP contribution in [0.5, 0.6) is 0 Å². The number of anilines is 1. The van der Waals surface area contributed by atoms with Crippen molar-refractivity contribution in [1.29, 1.82) is 0 Å². The fourth-order valence-corrected chi connectivity index (χ4v) is 4.13. The van der Waals surface area contributed by atoms with Gasteiger partial charge in [0.05, 0.1) is 12.0 Å². The van der Waals surface area contributed by atoms with Crippen LogP contribution in [0.1, 0.15) is 25.6 Å². The fourth-order valence-electron chi connectivity index (χ4n) is 2.80. The maximum absolute atomic E-state index is 12.6. The molecule has 9 heteroatoms. The van der Waals surface area contributed by atoms with Crippen molar-refractivity contribution in [3.63, 3.8) is 0 Å².